The van der Waals surface area contributed by atoms with E-state index in [2.05, 4.69) is 15.6 Å². The number of aromatic nitrogens is 2. The van der Waals surface area contributed by atoms with Gasteiger partial charge in [0, 0.05) is 16.4 Å². The number of carbonyl (C=O) groups excluding carboxylic acids is 2. The van der Waals surface area contributed by atoms with Crippen LogP contribution in [0.4, 0.5) is 11.4 Å². The van der Waals surface area contributed by atoms with E-state index < -0.39 is 0 Å². The third-order valence-electron chi connectivity index (χ3n) is 4.60. The lowest BCUT2D eigenvalue weighted by Crippen LogP contribution is -2.27. The van der Waals surface area contributed by atoms with Gasteiger partial charge in [-0.2, -0.15) is 0 Å². The number of hydrogen-bond acceptors (Lipinski definition) is 5. The van der Waals surface area contributed by atoms with Gasteiger partial charge in [0.25, 0.3) is 11.5 Å². The number of nitrogens with one attached hydrogen (secondary N) is 2. The molecule has 0 saturated carbocycles. The summed E-state index contributed by atoms with van der Waals surface area (Å²) in [6.45, 7) is 1.51. The monoisotopic (exact) mass is 452 g/mol. The second kappa shape index (κ2) is 8.71. The number of rotatable bonds is 5. The number of aryl methyl sites for hydroxylation is 1. The van der Waals surface area contributed by atoms with E-state index in [1.807, 2.05) is 18.2 Å². The van der Waals surface area contributed by atoms with Crippen molar-refractivity contribution in [1.29, 1.82) is 0 Å². The summed E-state index contributed by atoms with van der Waals surface area (Å²) in [5.41, 5.74) is 1.40. The summed E-state index contributed by atoms with van der Waals surface area (Å²) in [5.74, 6) is -0.682. The van der Waals surface area contributed by atoms with Crippen LogP contribution in [-0.4, -0.2) is 21.4 Å². The Morgan fingerprint density at radius 2 is 1.71 bits per heavy atom. The number of nitrogens with zero attached hydrogens (tertiary/aromatic N) is 2. The zero-order valence-electron chi connectivity index (χ0n) is 16.4. The standard InChI is InChI=1S/C22H17ClN4O3S/c1-13-18-21(31-19(13)20(29)26-15-5-3-2-4-6-15)24-12-27(22(18)30)11-17(28)25-16-9-7-14(23)8-10-16/h2-10,12H,11H2,1H3,(H,25,28)(H,26,29). The lowest BCUT2D eigenvalue weighted by molar-refractivity contribution is -0.116. The largest absolute Gasteiger partial charge is 0.325 e. The van der Waals surface area contributed by atoms with Crippen molar-refractivity contribution >= 4 is 56.3 Å². The summed E-state index contributed by atoms with van der Waals surface area (Å²) in [7, 11) is 0. The number of para-hydroxylation sites is 1. The Kier molecular flexibility index (Phi) is 5.83. The van der Waals surface area contributed by atoms with Gasteiger partial charge < -0.3 is 10.6 Å². The Morgan fingerprint density at radius 3 is 2.42 bits per heavy atom. The molecule has 2 heterocycles. The van der Waals surface area contributed by atoms with Crippen molar-refractivity contribution in [3.05, 3.63) is 86.7 Å². The van der Waals surface area contributed by atoms with Crippen molar-refractivity contribution in [2.45, 2.75) is 13.5 Å². The lowest BCUT2D eigenvalue weighted by Gasteiger charge is -2.07. The fourth-order valence-corrected chi connectivity index (χ4v) is 4.25. The first-order valence-electron chi connectivity index (χ1n) is 9.33. The first-order chi connectivity index (χ1) is 14.9. The molecule has 0 bridgehead atoms. The first-order valence-corrected chi connectivity index (χ1v) is 10.5. The minimum atomic E-state index is -0.375. The molecule has 0 saturated heterocycles. The second-order valence-electron chi connectivity index (χ2n) is 6.79. The van der Waals surface area contributed by atoms with Crippen LogP contribution >= 0.6 is 22.9 Å². The molecule has 7 nitrogen and oxygen atoms in total. The molecule has 0 fully saturated rings. The molecule has 0 spiro atoms. The summed E-state index contributed by atoms with van der Waals surface area (Å²) >= 11 is 6.99. The van der Waals surface area contributed by atoms with E-state index in [1.165, 1.54) is 10.9 Å². The number of thiophene rings is 1. The molecule has 4 rings (SSSR count). The molecule has 2 amide bonds. The fourth-order valence-electron chi connectivity index (χ4n) is 3.09. The molecule has 9 heteroatoms. The van der Waals surface area contributed by atoms with Gasteiger partial charge in [-0.05, 0) is 48.9 Å². The average Bonchev–Trinajstić information content (AvgIpc) is 3.10. The van der Waals surface area contributed by atoms with Crippen LogP contribution < -0.4 is 16.2 Å². The summed E-state index contributed by atoms with van der Waals surface area (Å²) in [4.78, 5) is 43.2. The normalized spacial score (nSPS) is 10.8. The summed E-state index contributed by atoms with van der Waals surface area (Å²) in [6.07, 6.45) is 1.32. The minimum absolute atomic E-state index is 0.203. The van der Waals surface area contributed by atoms with E-state index in [0.29, 0.717) is 37.1 Å². The maximum atomic E-state index is 13.0. The van der Waals surface area contributed by atoms with Gasteiger partial charge >= 0.3 is 0 Å². The van der Waals surface area contributed by atoms with Gasteiger partial charge in [-0.15, -0.1) is 11.3 Å². The van der Waals surface area contributed by atoms with Crippen LogP contribution in [0.25, 0.3) is 10.2 Å². The van der Waals surface area contributed by atoms with Gasteiger partial charge in [-0.3, -0.25) is 19.0 Å². The Labute approximate surface area is 186 Å². The van der Waals surface area contributed by atoms with E-state index >= 15 is 0 Å². The third-order valence-corrected chi connectivity index (χ3v) is 6.05. The summed E-state index contributed by atoms with van der Waals surface area (Å²) in [6, 6.07) is 15.7. The summed E-state index contributed by atoms with van der Waals surface area (Å²) < 4.78 is 1.23. The molecule has 0 radical (unpaired) electrons. The van der Waals surface area contributed by atoms with Crippen molar-refractivity contribution in [3.63, 3.8) is 0 Å². The highest BCUT2D eigenvalue weighted by Gasteiger charge is 2.20. The van der Waals surface area contributed by atoms with E-state index in [-0.39, 0.29) is 23.9 Å². The van der Waals surface area contributed by atoms with Crippen molar-refractivity contribution in [2.24, 2.45) is 0 Å². The second-order valence-corrected chi connectivity index (χ2v) is 8.22. The Hall–Kier alpha value is -3.49. The Bertz CT molecular complexity index is 1330. The average molecular weight is 453 g/mol. The van der Waals surface area contributed by atoms with E-state index in [1.54, 1.807) is 43.3 Å². The molecular formula is C22H17ClN4O3S. The van der Waals surface area contributed by atoms with Crippen molar-refractivity contribution in [1.82, 2.24) is 9.55 Å². The molecule has 4 aromatic rings. The molecule has 156 valence electrons. The third kappa shape index (κ3) is 4.50. The van der Waals surface area contributed by atoms with E-state index in [4.69, 9.17) is 11.6 Å². The number of halogens is 1. The van der Waals surface area contributed by atoms with Crippen molar-refractivity contribution < 1.29 is 9.59 Å². The number of anilines is 2. The number of benzene rings is 2. The highest BCUT2D eigenvalue weighted by molar-refractivity contribution is 7.20. The topological polar surface area (TPSA) is 93.1 Å². The molecule has 2 aromatic carbocycles. The van der Waals surface area contributed by atoms with E-state index in [0.717, 1.165) is 11.3 Å². The van der Waals surface area contributed by atoms with Gasteiger partial charge in [0.05, 0.1) is 16.6 Å². The molecule has 0 aliphatic rings. The number of hydrogen-bond donors (Lipinski definition) is 2. The van der Waals surface area contributed by atoms with Crippen LogP contribution in [0.3, 0.4) is 0 Å². The smallest absolute Gasteiger partial charge is 0.266 e. The Balaban J connectivity index is 1.57. The summed E-state index contributed by atoms with van der Waals surface area (Å²) in [5, 5.41) is 6.43. The fraction of sp³-hybridized carbons (Fsp3) is 0.0909. The maximum Gasteiger partial charge on any atom is 0.266 e. The lowest BCUT2D eigenvalue weighted by atomic mass is 10.2. The molecule has 31 heavy (non-hydrogen) atoms. The van der Waals surface area contributed by atoms with Gasteiger partial charge in [0.1, 0.15) is 11.4 Å². The van der Waals surface area contributed by atoms with Crippen molar-refractivity contribution in [2.75, 3.05) is 10.6 Å². The zero-order valence-corrected chi connectivity index (χ0v) is 18.0. The molecule has 0 aliphatic heterocycles. The van der Waals surface area contributed by atoms with Gasteiger partial charge in [-0.25, -0.2) is 4.98 Å². The van der Waals surface area contributed by atoms with Crippen LogP contribution in [0.15, 0.2) is 65.7 Å². The molecule has 2 aromatic heterocycles. The maximum absolute atomic E-state index is 13.0. The molecular weight excluding hydrogens is 436 g/mol. The molecule has 0 unspecified atom stereocenters. The van der Waals surface area contributed by atoms with Crippen LogP contribution in [0.1, 0.15) is 15.2 Å². The minimum Gasteiger partial charge on any atom is -0.325 e. The molecule has 0 atom stereocenters. The van der Waals surface area contributed by atoms with Gasteiger partial charge in [0.2, 0.25) is 5.91 Å². The van der Waals surface area contributed by atoms with Crippen LogP contribution in [0.2, 0.25) is 5.02 Å². The number of fused-ring (bicyclic) bond motifs is 1. The highest BCUT2D eigenvalue weighted by atomic mass is 35.5. The molecule has 2 N–H and O–H groups in total. The van der Waals surface area contributed by atoms with E-state index in [9.17, 15) is 14.4 Å². The zero-order chi connectivity index (χ0) is 22.0. The Morgan fingerprint density at radius 1 is 1.03 bits per heavy atom. The predicted octanol–water partition coefficient (Wildman–Crippen LogP) is 4.31. The highest BCUT2D eigenvalue weighted by Crippen LogP contribution is 2.27. The van der Waals surface area contributed by atoms with Crippen molar-refractivity contribution in [3.8, 4) is 0 Å². The van der Waals surface area contributed by atoms with Gasteiger partial charge in [-0.1, -0.05) is 29.8 Å². The van der Waals surface area contributed by atoms with Gasteiger partial charge in [0.15, 0.2) is 0 Å². The first kappa shape index (κ1) is 20.8. The number of amides is 2. The SMILES string of the molecule is Cc1c(C(=O)Nc2ccccc2)sc2ncn(CC(=O)Nc3ccc(Cl)cc3)c(=O)c12. The quantitative estimate of drug-likeness (QED) is 0.472. The van der Waals surface area contributed by atoms with Crippen LogP contribution in [0.5, 0.6) is 0 Å². The van der Waals surface area contributed by atoms with Crippen LogP contribution in [0, 0.1) is 6.92 Å². The molecule has 0 aliphatic carbocycles. The van der Waals surface area contributed by atoms with Crippen LogP contribution in [-0.2, 0) is 11.3 Å². The predicted molar refractivity (Wildman–Crippen MR) is 123 cm³/mol. The number of carbonyl (C=O) groups is 2.